The second-order valence-corrected chi connectivity index (χ2v) is 15.5. The molecule has 0 aromatic rings. The first-order valence-corrected chi connectivity index (χ1v) is 18.7. The summed E-state index contributed by atoms with van der Waals surface area (Å²) in [4.78, 5) is 0. The average Bonchev–Trinajstić information content (AvgIpc) is 3.38. The Morgan fingerprint density at radius 1 is 0.727 bits per heavy atom. The van der Waals surface area contributed by atoms with Gasteiger partial charge in [-0.2, -0.15) is 0 Å². The minimum Gasteiger partial charge on any atom is -0.378 e. The van der Waals surface area contributed by atoms with E-state index in [0.29, 0.717) is 72.8 Å². The fourth-order valence-corrected chi connectivity index (χ4v) is 10.7. The molecule has 0 spiro atoms. The Balaban J connectivity index is 1.57. The molecule has 8 nitrogen and oxygen atoms in total. The summed E-state index contributed by atoms with van der Waals surface area (Å²) in [6, 6.07) is 0. The molecule has 4 fully saturated rings. The summed E-state index contributed by atoms with van der Waals surface area (Å²) < 4.78 is 20.3. The molecule has 0 bridgehead atoms. The number of rotatable bonds is 20. The highest BCUT2D eigenvalue weighted by molar-refractivity contribution is 5.15. The average molecular weight is 622 g/mol. The maximum absolute atomic E-state index is 6.99. The van der Waals surface area contributed by atoms with Crippen molar-refractivity contribution in [1.29, 1.82) is 0 Å². The lowest BCUT2D eigenvalue weighted by Crippen LogP contribution is -2.63. The van der Waals surface area contributed by atoms with E-state index in [2.05, 4.69) is 26.1 Å². The minimum absolute atomic E-state index is 0.170. The third-order valence-corrected chi connectivity index (χ3v) is 13.1. The number of nitrogens with two attached hydrogens (primary N) is 4. The molecular weight excluding hydrogens is 550 g/mol. The summed E-state index contributed by atoms with van der Waals surface area (Å²) in [7, 11) is 0. The summed E-state index contributed by atoms with van der Waals surface area (Å²) in [6.07, 6.45) is 15.8. The minimum atomic E-state index is 0.170. The third kappa shape index (κ3) is 8.21. The van der Waals surface area contributed by atoms with Crippen LogP contribution in [0.1, 0.15) is 104 Å². The van der Waals surface area contributed by atoms with Crippen LogP contribution in [0.3, 0.4) is 0 Å². The second-order valence-electron chi connectivity index (χ2n) is 15.5. The van der Waals surface area contributed by atoms with Gasteiger partial charge in [0, 0.05) is 25.2 Å². The van der Waals surface area contributed by atoms with Crippen LogP contribution in [-0.4, -0.2) is 77.4 Å². The maximum Gasteiger partial charge on any atom is 0.0637 e. The molecule has 258 valence electrons. The van der Waals surface area contributed by atoms with E-state index in [-0.39, 0.29) is 11.5 Å². The Hall–Kier alpha value is -0.320. The van der Waals surface area contributed by atoms with Crippen molar-refractivity contribution in [3.63, 3.8) is 0 Å². The molecule has 9 N–H and O–H groups in total. The summed E-state index contributed by atoms with van der Waals surface area (Å²) in [5.74, 6) is 3.85. The third-order valence-electron chi connectivity index (χ3n) is 13.1. The molecule has 0 aromatic carbocycles. The predicted molar refractivity (Wildman–Crippen MR) is 181 cm³/mol. The van der Waals surface area contributed by atoms with Gasteiger partial charge in [0.05, 0.1) is 18.3 Å². The van der Waals surface area contributed by atoms with Gasteiger partial charge in [-0.15, -0.1) is 0 Å². The van der Waals surface area contributed by atoms with Crippen molar-refractivity contribution in [1.82, 2.24) is 5.32 Å². The monoisotopic (exact) mass is 622 g/mol. The van der Waals surface area contributed by atoms with Crippen molar-refractivity contribution in [2.45, 2.75) is 123 Å². The number of hydrogen-bond donors (Lipinski definition) is 5. The van der Waals surface area contributed by atoms with Crippen LogP contribution < -0.4 is 28.3 Å². The van der Waals surface area contributed by atoms with Gasteiger partial charge in [0.2, 0.25) is 0 Å². The molecule has 44 heavy (non-hydrogen) atoms. The smallest absolute Gasteiger partial charge is 0.0637 e. The molecule has 4 aliphatic rings. The Morgan fingerprint density at radius 2 is 1.39 bits per heavy atom. The van der Waals surface area contributed by atoms with E-state index in [1.165, 1.54) is 44.9 Å². The van der Waals surface area contributed by atoms with Crippen LogP contribution in [0.25, 0.3) is 0 Å². The molecule has 4 rings (SSSR count). The fourth-order valence-electron chi connectivity index (χ4n) is 10.7. The Kier molecular flexibility index (Phi) is 14.7. The van der Waals surface area contributed by atoms with Crippen molar-refractivity contribution in [3.8, 4) is 0 Å². The van der Waals surface area contributed by atoms with Gasteiger partial charge in [-0.05, 0) is 164 Å². The highest BCUT2D eigenvalue weighted by Gasteiger charge is 2.66. The molecule has 4 saturated carbocycles. The van der Waals surface area contributed by atoms with Crippen LogP contribution in [-0.2, 0) is 14.2 Å². The zero-order valence-electron chi connectivity index (χ0n) is 28.8. The molecule has 8 heteroatoms. The summed E-state index contributed by atoms with van der Waals surface area (Å²) in [5.41, 5.74) is 23.9. The maximum atomic E-state index is 6.99. The van der Waals surface area contributed by atoms with E-state index < -0.39 is 0 Å². The first kappa shape index (κ1) is 36.5. The number of fused-ring (bicyclic) bond motifs is 5. The molecule has 3 unspecified atom stereocenters. The van der Waals surface area contributed by atoms with E-state index in [9.17, 15) is 0 Å². The zero-order chi connectivity index (χ0) is 31.6. The van der Waals surface area contributed by atoms with E-state index in [1.54, 1.807) is 0 Å². The van der Waals surface area contributed by atoms with Crippen LogP contribution in [0.4, 0.5) is 0 Å². The molecule has 0 saturated heterocycles. The molecule has 0 heterocycles. The van der Waals surface area contributed by atoms with Gasteiger partial charge in [-0.1, -0.05) is 20.8 Å². The highest BCUT2D eigenvalue weighted by Crippen LogP contribution is 2.69. The number of ether oxygens (including phenoxy) is 3. The SMILES string of the molecule is C[C@H](CCCNCCCN)C1CC[C@H]2C3[C@H](OCCCN)CC4C[C@H](OCCCN)CC[C@]4(C)[C@H]3C[C@H](OCCCN)[C@]12C. The van der Waals surface area contributed by atoms with Crippen molar-refractivity contribution < 1.29 is 14.2 Å². The molecule has 0 radical (unpaired) electrons. The van der Waals surface area contributed by atoms with Crippen molar-refractivity contribution in [2.75, 3.05) is 59.1 Å². The van der Waals surface area contributed by atoms with Gasteiger partial charge in [0.1, 0.15) is 0 Å². The fraction of sp³-hybridized carbons (Fsp3) is 1.00. The number of nitrogens with one attached hydrogen (secondary N) is 1. The molecule has 0 aliphatic heterocycles. The summed E-state index contributed by atoms with van der Waals surface area (Å²) in [5, 5.41) is 3.60. The lowest BCUT2D eigenvalue weighted by molar-refractivity contribution is -0.227. The molecular formula is C36H71N5O3. The van der Waals surface area contributed by atoms with Crippen LogP contribution in [0, 0.1) is 46.3 Å². The predicted octanol–water partition coefficient (Wildman–Crippen LogP) is 4.42. The first-order chi connectivity index (χ1) is 21.3. The van der Waals surface area contributed by atoms with Gasteiger partial charge in [0.25, 0.3) is 0 Å². The highest BCUT2D eigenvalue weighted by atomic mass is 16.5. The van der Waals surface area contributed by atoms with Gasteiger partial charge >= 0.3 is 0 Å². The normalized spacial score (nSPS) is 39.1. The molecule has 0 amide bonds. The molecule has 4 aliphatic carbocycles. The first-order valence-electron chi connectivity index (χ1n) is 18.7. The molecule has 11 atom stereocenters. The van der Waals surface area contributed by atoms with Gasteiger partial charge < -0.3 is 42.5 Å². The van der Waals surface area contributed by atoms with E-state index in [1.807, 2.05) is 0 Å². The van der Waals surface area contributed by atoms with E-state index in [0.717, 1.165) is 78.0 Å². The van der Waals surface area contributed by atoms with Crippen molar-refractivity contribution in [3.05, 3.63) is 0 Å². The van der Waals surface area contributed by atoms with Crippen LogP contribution in [0.5, 0.6) is 0 Å². The van der Waals surface area contributed by atoms with Crippen molar-refractivity contribution in [2.24, 2.45) is 69.3 Å². The summed E-state index contributed by atoms with van der Waals surface area (Å²) in [6.45, 7) is 15.1. The van der Waals surface area contributed by atoms with Crippen LogP contribution in [0.15, 0.2) is 0 Å². The Labute approximate surface area is 270 Å². The van der Waals surface area contributed by atoms with Crippen LogP contribution >= 0.6 is 0 Å². The topological polar surface area (TPSA) is 144 Å². The van der Waals surface area contributed by atoms with Gasteiger partial charge in [-0.25, -0.2) is 0 Å². The number of hydrogen-bond acceptors (Lipinski definition) is 8. The van der Waals surface area contributed by atoms with Crippen LogP contribution in [0.2, 0.25) is 0 Å². The van der Waals surface area contributed by atoms with Crippen molar-refractivity contribution >= 4 is 0 Å². The second kappa shape index (κ2) is 17.7. The Morgan fingerprint density at radius 3 is 2.09 bits per heavy atom. The standard InChI is InChI=1S/C36H71N5O3/c1-26(9-4-18-41-19-5-14-37)29-10-11-30-34-31(25-33(36(29,30)3)44-22-8-17-40)35(2)13-12-28(42-20-6-15-38)23-27(35)24-32(34)43-21-7-16-39/h26-34,41H,4-25,37-40H2,1-3H3/t26-,27?,28-,29?,30+,31+,32-,33+,34?,35+,36-/m1/s1. The zero-order valence-corrected chi connectivity index (χ0v) is 28.8. The van der Waals surface area contributed by atoms with Gasteiger partial charge in [0.15, 0.2) is 0 Å². The quantitative estimate of drug-likeness (QED) is 0.126. The van der Waals surface area contributed by atoms with E-state index in [4.69, 9.17) is 37.1 Å². The van der Waals surface area contributed by atoms with E-state index >= 15 is 0 Å². The van der Waals surface area contributed by atoms with Gasteiger partial charge in [-0.3, -0.25) is 0 Å². The Bertz CT molecular complexity index is 821. The lowest BCUT2D eigenvalue weighted by Gasteiger charge is -2.65. The lowest BCUT2D eigenvalue weighted by atomic mass is 9.43. The largest absolute Gasteiger partial charge is 0.378 e. The molecule has 0 aromatic heterocycles. The summed E-state index contributed by atoms with van der Waals surface area (Å²) >= 11 is 0.